The third-order valence-corrected chi connectivity index (χ3v) is 4.23. The number of sulfone groups is 1. The zero-order valence-corrected chi connectivity index (χ0v) is 11.9. The SMILES string of the molecule is CC(Nc1ccc(S(=O)(=O)C(F)F)cc1)c1cnccn1. The molecule has 1 atom stereocenters. The number of anilines is 1. The topological polar surface area (TPSA) is 72.0 Å². The van der Waals surface area contributed by atoms with Gasteiger partial charge in [0.15, 0.2) is 0 Å². The molecule has 0 saturated carbocycles. The van der Waals surface area contributed by atoms with E-state index in [4.69, 9.17) is 0 Å². The highest BCUT2D eigenvalue weighted by atomic mass is 32.2. The number of benzene rings is 1. The van der Waals surface area contributed by atoms with Gasteiger partial charge in [-0.2, -0.15) is 8.78 Å². The summed E-state index contributed by atoms with van der Waals surface area (Å²) in [5, 5.41) is 3.08. The summed E-state index contributed by atoms with van der Waals surface area (Å²) in [5.74, 6) is -3.42. The number of alkyl halides is 2. The molecule has 2 aromatic rings. The van der Waals surface area contributed by atoms with Crippen molar-refractivity contribution >= 4 is 15.5 Å². The lowest BCUT2D eigenvalue weighted by Gasteiger charge is -2.14. The number of rotatable bonds is 5. The lowest BCUT2D eigenvalue weighted by molar-refractivity contribution is 0.234. The minimum absolute atomic E-state index is 0.156. The number of nitrogens with one attached hydrogen (secondary N) is 1. The zero-order chi connectivity index (χ0) is 15.5. The summed E-state index contributed by atoms with van der Waals surface area (Å²) in [4.78, 5) is 7.68. The Morgan fingerprint density at radius 1 is 1.14 bits per heavy atom. The molecule has 8 heteroatoms. The first-order chi connectivity index (χ1) is 9.91. The fourth-order valence-electron chi connectivity index (χ4n) is 1.70. The van der Waals surface area contributed by atoms with Crippen LogP contribution in [-0.4, -0.2) is 24.1 Å². The van der Waals surface area contributed by atoms with E-state index in [1.165, 1.54) is 12.1 Å². The van der Waals surface area contributed by atoms with Gasteiger partial charge in [0.25, 0.3) is 0 Å². The number of halogens is 2. The molecule has 0 amide bonds. The van der Waals surface area contributed by atoms with Gasteiger partial charge in [-0.05, 0) is 31.2 Å². The molecular weight excluding hydrogens is 300 g/mol. The third kappa shape index (κ3) is 3.52. The summed E-state index contributed by atoms with van der Waals surface area (Å²) in [7, 11) is -4.56. The summed E-state index contributed by atoms with van der Waals surface area (Å²) in [5.41, 5.74) is 1.31. The maximum Gasteiger partial charge on any atom is 0.341 e. The van der Waals surface area contributed by atoms with Crippen LogP contribution in [0, 0.1) is 0 Å². The van der Waals surface area contributed by atoms with E-state index < -0.39 is 20.5 Å². The van der Waals surface area contributed by atoms with E-state index in [1.807, 2.05) is 6.92 Å². The fourth-order valence-corrected chi connectivity index (χ4v) is 2.42. The number of hydrogen-bond donors (Lipinski definition) is 1. The van der Waals surface area contributed by atoms with Crippen molar-refractivity contribution in [2.24, 2.45) is 0 Å². The Bertz CT molecular complexity index is 691. The predicted octanol–water partition coefficient (Wildman–Crippen LogP) is 2.65. The van der Waals surface area contributed by atoms with Crippen molar-refractivity contribution in [1.82, 2.24) is 9.97 Å². The summed E-state index contributed by atoms with van der Waals surface area (Å²) in [6.45, 7) is 1.85. The molecule has 0 fully saturated rings. The molecule has 0 saturated heterocycles. The molecule has 1 aromatic heterocycles. The van der Waals surface area contributed by atoms with Crippen LogP contribution in [0.1, 0.15) is 18.7 Å². The molecule has 0 aliphatic carbocycles. The molecule has 21 heavy (non-hydrogen) atoms. The van der Waals surface area contributed by atoms with Crippen molar-refractivity contribution in [3.8, 4) is 0 Å². The van der Waals surface area contributed by atoms with E-state index in [0.29, 0.717) is 11.4 Å². The smallest absolute Gasteiger partial charge is 0.341 e. The van der Waals surface area contributed by atoms with E-state index in [2.05, 4.69) is 15.3 Å². The van der Waals surface area contributed by atoms with Gasteiger partial charge >= 0.3 is 5.76 Å². The number of nitrogens with zero attached hydrogens (tertiary/aromatic N) is 2. The van der Waals surface area contributed by atoms with Crippen LogP contribution in [0.15, 0.2) is 47.8 Å². The van der Waals surface area contributed by atoms with Crippen LogP contribution in [-0.2, 0) is 9.84 Å². The number of hydrogen-bond acceptors (Lipinski definition) is 5. The molecular formula is C13H13F2N3O2S. The first kappa shape index (κ1) is 15.3. The largest absolute Gasteiger partial charge is 0.377 e. The minimum atomic E-state index is -4.56. The van der Waals surface area contributed by atoms with E-state index >= 15 is 0 Å². The van der Waals surface area contributed by atoms with Gasteiger partial charge in [0.1, 0.15) is 0 Å². The van der Waals surface area contributed by atoms with Crippen LogP contribution >= 0.6 is 0 Å². The quantitative estimate of drug-likeness (QED) is 0.919. The maximum absolute atomic E-state index is 12.4. The van der Waals surface area contributed by atoms with Gasteiger partial charge in [0, 0.05) is 18.1 Å². The van der Waals surface area contributed by atoms with Crippen LogP contribution < -0.4 is 5.32 Å². The highest BCUT2D eigenvalue weighted by Gasteiger charge is 2.26. The van der Waals surface area contributed by atoms with E-state index in [-0.39, 0.29) is 6.04 Å². The van der Waals surface area contributed by atoms with Crippen LogP contribution in [0.25, 0.3) is 0 Å². The first-order valence-corrected chi connectivity index (χ1v) is 7.60. The molecule has 0 spiro atoms. The van der Waals surface area contributed by atoms with Crippen molar-refractivity contribution in [2.45, 2.75) is 23.6 Å². The van der Waals surface area contributed by atoms with Gasteiger partial charge in [-0.25, -0.2) is 8.42 Å². The van der Waals surface area contributed by atoms with Crippen molar-refractivity contribution in [3.05, 3.63) is 48.5 Å². The van der Waals surface area contributed by atoms with Gasteiger partial charge in [-0.1, -0.05) is 0 Å². The molecule has 5 nitrogen and oxygen atoms in total. The van der Waals surface area contributed by atoms with E-state index in [0.717, 1.165) is 12.1 Å². The van der Waals surface area contributed by atoms with Gasteiger partial charge in [0.2, 0.25) is 9.84 Å². The molecule has 0 radical (unpaired) electrons. The second kappa shape index (κ2) is 6.13. The van der Waals surface area contributed by atoms with Gasteiger partial charge in [0.05, 0.1) is 22.8 Å². The Labute approximate surface area is 121 Å². The van der Waals surface area contributed by atoms with Crippen LogP contribution in [0.3, 0.4) is 0 Å². The van der Waals surface area contributed by atoms with Crippen molar-refractivity contribution < 1.29 is 17.2 Å². The summed E-state index contributed by atoms with van der Waals surface area (Å²) in [6, 6.07) is 5.00. The van der Waals surface area contributed by atoms with Crippen molar-refractivity contribution in [1.29, 1.82) is 0 Å². The molecule has 2 rings (SSSR count). The number of aromatic nitrogens is 2. The van der Waals surface area contributed by atoms with Crippen LogP contribution in [0.5, 0.6) is 0 Å². The Kier molecular flexibility index (Phi) is 4.46. The molecule has 0 aliphatic rings. The molecule has 112 valence electrons. The highest BCUT2D eigenvalue weighted by Crippen LogP contribution is 2.22. The summed E-state index contributed by atoms with van der Waals surface area (Å²) in [6.07, 6.45) is 4.72. The van der Waals surface area contributed by atoms with Crippen molar-refractivity contribution in [2.75, 3.05) is 5.32 Å². The second-order valence-corrected chi connectivity index (χ2v) is 6.24. The predicted molar refractivity (Wildman–Crippen MR) is 73.7 cm³/mol. The third-order valence-electron chi connectivity index (χ3n) is 2.83. The molecule has 0 bridgehead atoms. The minimum Gasteiger partial charge on any atom is -0.377 e. The molecule has 1 N–H and O–H groups in total. The van der Waals surface area contributed by atoms with E-state index in [9.17, 15) is 17.2 Å². The monoisotopic (exact) mass is 313 g/mol. The Hall–Kier alpha value is -2.09. The Morgan fingerprint density at radius 3 is 2.33 bits per heavy atom. The Balaban J connectivity index is 2.14. The first-order valence-electron chi connectivity index (χ1n) is 6.06. The van der Waals surface area contributed by atoms with Gasteiger partial charge in [-0.3, -0.25) is 9.97 Å². The molecule has 1 heterocycles. The highest BCUT2D eigenvalue weighted by molar-refractivity contribution is 7.91. The Morgan fingerprint density at radius 2 is 1.81 bits per heavy atom. The zero-order valence-electron chi connectivity index (χ0n) is 11.1. The van der Waals surface area contributed by atoms with Gasteiger partial charge < -0.3 is 5.32 Å². The second-order valence-electron chi connectivity index (χ2n) is 4.33. The average molecular weight is 313 g/mol. The summed E-state index contributed by atoms with van der Waals surface area (Å²) >= 11 is 0. The normalized spacial score (nSPS) is 13.1. The maximum atomic E-state index is 12.4. The van der Waals surface area contributed by atoms with Crippen LogP contribution in [0.4, 0.5) is 14.5 Å². The average Bonchev–Trinajstić information content (AvgIpc) is 2.48. The lowest BCUT2D eigenvalue weighted by atomic mass is 10.2. The standard InChI is InChI=1S/C13H13F2N3O2S/c1-9(12-8-16-6-7-17-12)18-10-2-4-11(5-3-10)21(19,20)13(14)15/h2-9,13,18H,1H3. The molecule has 1 unspecified atom stereocenters. The lowest BCUT2D eigenvalue weighted by Crippen LogP contribution is -2.12. The van der Waals surface area contributed by atoms with Crippen LogP contribution in [0.2, 0.25) is 0 Å². The fraction of sp³-hybridized carbons (Fsp3) is 0.231. The molecule has 0 aliphatic heterocycles. The van der Waals surface area contributed by atoms with Gasteiger partial charge in [-0.15, -0.1) is 0 Å². The summed E-state index contributed by atoms with van der Waals surface area (Å²) < 4.78 is 47.4. The molecule has 1 aromatic carbocycles. The van der Waals surface area contributed by atoms with E-state index in [1.54, 1.807) is 18.6 Å². The van der Waals surface area contributed by atoms with Crippen molar-refractivity contribution in [3.63, 3.8) is 0 Å².